The van der Waals surface area contributed by atoms with Crippen LogP contribution in [0.1, 0.15) is 24.5 Å². The first kappa shape index (κ1) is 23.1. The molecule has 0 heterocycles. The van der Waals surface area contributed by atoms with E-state index in [-0.39, 0.29) is 11.8 Å². The van der Waals surface area contributed by atoms with Gasteiger partial charge >= 0.3 is 0 Å². The van der Waals surface area contributed by atoms with E-state index in [1.165, 1.54) is 11.8 Å². The number of amides is 2. The average molecular weight is 435 g/mol. The Labute approximate surface area is 181 Å². The van der Waals surface area contributed by atoms with Crippen LogP contribution in [0.2, 0.25) is 5.02 Å². The molecule has 2 amide bonds. The van der Waals surface area contributed by atoms with E-state index in [0.717, 1.165) is 16.9 Å². The maximum atomic E-state index is 13.0. The molecule has 5 nitrogen and oxygen atoms in total. The first-order chi connectivity index (χ1) is 14.0. The third-order valence-corrected chi connectivity index (χ3v) is 5.77. The fourth-order valence-electron chi connectivity index (χ4n) is 2.97. The molecule has 1 atom stereocenters. The lowest BCUT2D eigenvalue weighted by molar-refractivity contribution is -0.139. The predicted molar refractivity (Wildman–Crippen MR) is 119 cm³/mol. The molecule has 2 rings (SSSR count). The van der Waals surface area contributed by atoms with Crippen LogP contribution < -0.4 is 10.1 Å². The first-order valence-electron chi connectivity index (χ1n) is 9.44. The second-order valence-corrected chi connectivity index (χ2v) is 7.95. The third kappa shape index (κ3) is 6.98. The van der Waals surface area contributed by atoms with Gasteiger partial charge in [0.25, 0.3) is 0 Å². The molecule has 7 heteroatoms. The summed E-state index contributed by atoms with van der Waals surface area (Å²) >= 11 is 7.44. The van der Waals surface area contributed by atoms with Crippen molar-refractivity contribution in [3.8, 4) is 5.75 Å². The van der Waals surface area contributed by atoms with E-state index in [2.05, 4.69) is 5.32 Å². The van der Waals surface area contributed by atoms with E-state index in [1.807, 2.05) is 55.5 Å². The molecule has 2 aromatic rings. The van der Waals surface area contributed by atoms with Gasteiger partial charge in [0.1, 0.15) is 11.8 Å². The summed E-state index contributed by atoms with van der Waals surface area (Å²) in [6, 6.07) is 14.6. The van der Waals surface area contributed by atoms with Crippen LogP contribution in [0.3, 0.4) is 0 Å². The van der Waals surface area contributed by atoms with E-state index < -0.39 is 6.04 Å². The number of thioether (sulfide) groups is 1. The lowest BCUT2D eigenvalue weighted by Gasteiger charge is -2.30. The van der Waals surface area contributed by atoms with E-state index >= 15 is 0 Å². The van der Waals surface area contributed by atoms with Crippen molar-refractivity contribution in [1.82, 2.24) is 10.2 Å². The van der Waals surface area contributed by atoms with Crippen LogP contribution in [0.4, 0.5) is 0 Å². The summed E-state index contributed by atoms with van der Waals surface area (Å²) in [6.07, 6.45) is 0.539. The largest absolute Gasteiger partial charge is 0.497 e. The summed E-state index contributed by atoms with van der Waals surface area (Å²) in [6.45, 7) is 2.26. The van der Waals surface area contributed by atoms with Crippen LogP contribution in [-0.4, -0.2) is 42.7 Å². The zero-order valence-corrected chi connectivity index (χ0v) is 18.6. The molecule has 0 bridgehead atoms. The van der Waals surface area contributed by atoms with Crippen molar-refractivity contribution in [2.45, 2.75) is 31.7 Å². The molecule has 2 aromatic carbocycles. The van der Waals surface area contributed by atoms with Gasteiger partial charge < -0.3 is 15.0 Å². The summed E-state index contributed by atoms with van der Waals surface area (Å²) in [5.74, 6) is 1.49. The van der Waals surface area contributed by atoms with Crippen LogP contribution in [0.15, 0.2) is 48.5 Å². The number of carbonyl (C=O) groups is 2. The summed E-state index contributed by atoms with van der Waals surface area (Å²) in [5, 5.41) is 3.36. The molecular weight excluding hydrogens is 408 g/mol. The molecule has 0 fully saturated rings. The van der Waals surface area contributed by atoms with E-state index in [0.29, 0.717) is 29.5 Å². The highest BCUT2D eigenvalue weighted by molar-refractivity contribution is 7.99. The van der Waals surface area contributed by atoms with Gasteiger partial charge in [-0.05, 0) is 41.8 Å². The van der Waals surface area contributed by atoms with Gasteiger partial charge in [-0.15, -0.1) is 11.8 Å². The minimum Gasteiger partial charge on any atom is -0.497 e. The normalized spacial score (nSPS) is 11.6. The van der Waals surface area contributed by atoms with Gasteiger partial charge in [0.05, 0.1) is 12.9 Å². The summed E-state index contributed by atoms with van der Waals surface area (Å²) in [5.41, 5.74) is 2.02. The molecule has 156 valence electrons. The number of ether oxygens (including phenoxy) is 1. The highest BCUT2D eigenvalue weighted by Crippen LogP contribution is 2.20. The van der Waals surface area contributed by atoms with Gasteiger partial charge in [-0.2, -0.15) is 0 Å². The van der Waals surface area contributed by atoms with Crippen molar-refractivity contribution in [3.63, 3.8) is 0 Å². The van der Waals surface area contributed by atoms with Crippen molar-refractivity contribution >= 4 is 35.2 Å². The third-order valence-electron chi connectivity index (χ3n) is 4.53. The topological polar surface area (TPSA) is 58.6 Å². The van der Waals surface area contributed by atoms with Crippen LogP contribution >= 0.6 is 23.4 Å². The van der Waals surface area contributed by atoms with E-state index in [4.69, 9.17) is 16.3 Å². The Balaban J connectivity index is 2.10. The number of benzene rings is 2. The maximum absolute atomic E-state index is 13.0. The second-order valence-electron chi connectivity index (χ2n) is 6.53. The molecule has 1 N–H and O–H groups in total. The average Bonchev–Trinajstić information content (AvgIpc) is 2.74. The lowest BCUT2D eigenvalue weighted by Crippen LogP contribution is -2.48. The predicted octanol–water partition coefficient (Wildman–Crippen LogP) is 4.14. The van der Waals surface area contributed by atoms with Crippen LogP contribution in [0, 0.1) is 0 Å². The van der Waals surface area contributed by atoms with Crippen LogP contribution in [-0.2, 0) is 21.9 Å². The smallest absolute Gasteiger partial charge is 0.242 e. The Hall–Kier alpha value is -2.18. The van der Waals surface area contributed by atoms with Crippen LogP contribution in [0.25, 0.3) is 0 Å². The Morgan fingerprint density at radius 1 is 1.17 bits per heavy atom. The Morgan fingerprint density at radius 2 is 1.90 bits per heavy atom. The van der Waals surface area contributed by atoms with Gasteiger partial charge in [0, 0.05) is 24.4 Å². The van der Waals surface area contributed by atoms with Gasteiger partial charge in [0.2, 0.25) is 11.8 Å². The molecule has 29 heavy (non-hydrogen) atoms. The fraction of sp³-hybridized carbons (Fsp3) is 0.364. The minimum atomic E-state index is -0.519. The van der Waals surface area contributed by atoms with E-state index in [9.17, 15) is 9.59 Å². The number of hydrogen-bond acceptors (Lipinski definition) is 4. The van der Waals surface area contributed by atoms with Crippen molar-refractivity contribution in [2.24, 2.45) is 0 Å². The molecule has 0 spiro atoms. The van der Waals surface area contributed by atoms with Crippen molar-refractivity contribution in [1.29, 1.82) is 0 Å². The van der Waals surface area contributed by atoms with Gasteiger partial charge in [-0.3, -0.25) is 9.59 Å². The van der Waals surface area contributed by atoms with Crippen LogP contribution in [0.5, 0.6) is 5.75 Å². The number of rotatable bonds is 10. The minimum absolute atomic E-state index is 0.0674. The fourth-order valence-corrected chi connectivity index (χ4v) is 3.97. The van der Waals surface area contributed by atoms with Gasteiger partial charge in [-0.1, -0.05) is 42.8 Å². The SMILES string of the molecule is CC[C@@H](C(=O)NC)N(Cc1cccc(OC)c1)C(=O)CSCc1ccc(Cl)cc1. The molecular formula is C22H27ClN2O3S. The quantitative estimate of drug-likeness (QED) is 0.610. The summed E-state index contributed by atoms with van der Waals surface area (Å²) in [7, 11) is 3.20. The first-order valence-corrected chi connectivity index (χ1v) is 11.0. The number of nitrogens with zero attached hydrogens (tertiary/aromatic N) is 1. The highest BCUT2D eigenvalue weighted by atomic mass is 35.5. The molecule has 0 saturated carbocycles. The Kier molecular flexibility index (Phi) is 9.35. The Morgan fingerprint density at radius 3 is 2.52 bits per heavy atom. The number of methoxy groups -OCH3 is 1. The lowest BCUT2D eigenvalue weighted by atomic mass is 10.1. The Bertz CT molecular complexity index is 814. The zero-order valence-electron chi connectivity index (χ0n) is 17.0. The molecule has 0 aliphatic carbocycles. The molecule has 0 unspecified atom stereocenters. The van der Waals surface area contributed by atoms with Crippen molar-refractivity contribution in [3.05, 3.63) is 64.7 Å². The number of nitrogens with one attached hydrogen (secondary N) is 1. The standard InChI is InChI=1S/C22H27ClN2O3S/c1-4-20(22(27)24-2)25(13-17-6-5-7-19(12-17)28-3)21(26)15-29-14-16-8-10-18(23)11-9-16/h5-12,20H,4,13-15H2,1-3H3,(H,24,27)/t20-/m0/s1. The number of hydrogen-bond donors (Lipinski definition) is 1. The van der Waals surface area contributed by atoms with Crippen molar-refractivity contribution < 1.29 is 14.3 Å². The monoisotopic (exact) mass is 434 g/mol. The number of carbonyl (C=O) groups excluding carboxylic acids is 2. The summed E-state index contributed by atoms with van der Waals surface area (Å²) < 4.78 is 5.28. The molecule has 0 saturated heterocycles. The maximum Gasteiger partial charge on any atom is 0.242 e. The number of halogens is 1. The molecule has 0 aliphatic rings. The van der Waals surface area contributed by atoms with Gasteiger partial charge in [0.15, 0.2) is 0 Å². The van der Waals surface area contributed by atoms with Gasteiger partial charge in [-0.25, -0.2) is 0 Å². The highest BCUT2D eigenvalue weighted by Gasteiger charge is 2.27. The number of likely N-dealkylation sites (N-methyl/N-ethyl adjacent to an activating group) is 1. The summed E-state index contributed by atoms with van der Waals surface area (Å²) in [4.78, 5) is 27.1. The molecule has 0 aromatic heterocycles. The molecule has 0 radical (unpaired) electrons. The molecule has 0 aliphatic heterocycles. The van der Waals surface area contributed by atoms with E-state index in [1.54, 1.807) is 19.1 Å². The van der Waals surface area contributed by atoms with Crippen molar-refractivity contribution in [2.75, 3.05) is 19.9 Å². The second kappa shape index (κ2) is 11.7. The zero-order chi connectivity index (χ0) is 21.2.